The van der Waals surface area contributed by atoms with Crippen LogP contribution in [0.4, 0.5) is 17.5 Å². The van der Waals surface area contributed by atoms with E-state index in [1.54, 1.807) is 23.9 Å². The van der Waals surface area contributed by atoms with E-state index in [0.717, 1.165) is 64.2 Å². The number of nitrogen functional groups attached to an aromatic ring is 1. The van der Waals surface area contributed by atoms with Gasteiger partial charge in [-0.25, -0.2) is 0 Å². The Morgan fingerprint density at radius 2 is 1.42 bits per heavy atom. The summed E-state index contributed by atoms with van der Waals surface area (Å²) in [6.07, 6.45) is 10.5. The molecule has 38 heavy (non-hydrogen) atoms. The van der Waals surface area contributed by atoms with E-state index < -0.39 is 6.10 Å². The number of nitrogens with two attached hydrogens (primary N) is 1. The van der Waals surface area contributed by atoms with Crippen molar-refractivity contribution in [2.24, 2.45) is 7.05 Å². The van der Waals surface area contributed by atoms with Crippen LogP contribution in [0.15, 0.2) is 4.79 Å². The highest BCUT2D eigenvalue weighted by molar-refractivity contribution is 5.72. The molecular weight excluding hydrogens is 490 g/mol. The summed E-state index contributed by atoms with van der Waals surface area (Å²) in [5.74, 6) is -0.0468. The normalized spacial score (nSPS) is 12.8. The maximum atomic E-state index is 12.6. The number of aromatic nitrogens is 2. The molecule has 11 nitrogen and oxygen atoms in total. The third kappa shape index (κ3) is 10.2. The van der Waals surface area contributed by atoms with Crippen LogP contribution in [0.2, 0.25) is 0 Å². The number of hydrogen-bond acceptors (Lipinski definition) is 10. The summed E-state index contributed by atoms with van der Waals surface area (Å²) in [5, 5.41) is 0. The SMILES string of the molecule is CCCCCCCC(=O)OCC(COC(=O)CCCCCCC)OCN1CN(C)c2c1nc(N)n(C)c2=O. The first-order chi connectivity index (χ1) is 18.3. The van der Waals surface area contributed by atoms with Gasteiger partial charge in [-0.15, -0.1) is 0 Å². The first-order valence-electron chi connectivity index (χ1n) is 14.0. The fourth-order valence-electron chi connectivity index (χ4n) is 4.25. The van der Waals surface area contributed by atoms with Gasteiger partial charge in [0.15, 0.2) is 5.82 Å². The Kier molecular flexibility index (Phi) is 14.0. The second-order valence-corrected chi connectivity index (χ2v) is 10.00. The predicted molar refractivity (Wildman–Crippen MR) is 148 cm³/mol. The number of ether oxygens (including phenoxy) is 3. The molecular formula is C27H47N5O6. The topological polar surface area (TPSA) is 129 Å². The van der Waals surface area contributed by atoms with E-state index in [9.17, 15) is 14.4 Å². The average Bonchev–Trinajstić information content (AvgIpc) is 3.21. The summed E-state index contributed by atoms with van der Waals surface area (Å²) in [6.45, 7) is 4.68. The first-order valence-corrected chi connectivity index (χ1v) is 14.0. The van der Waals surface area contributed by atoms with Gasteiger partial charge in [0.25, 0.3) is 5.56 Å². The van der Waals surface area contributed by atoms with Crippen molar-refractivity contribution in [2.75, 3.05) is 49.2 Å². The van der Waals surface area contributed by atoms with Crippen molar-refractivity contribution >= 4 is 29.4 Å². The van der Waals surface area contributed by atoms with Gasteiger partial charge in [-0.1, -0.05) is 65.2 Å². The van der Waals surface area contributed by atoms with Gasteiger partial charge in [-0.2, -0.15) is 4.98 Å². The second kappa shape index (κ2) is 16.9. The lowest BCUT2D eigenvalue weighted by molar-refractivity contribution is -0.155. The van der Waals surface area contributed by atoms with Crippen LogP contribution in [0.25, 0.3) is 0 Å². The van der Waals surface area contributed by atoms with Crippen LogP contribution in [-0.2, 0) is 30.8 Å². The Morgan fingerprint density at radius 1 is 0.895 bits per heavy atom. The van der Waals surface area contributed by atoms with Crippen LogP contribution in [0.3, 0.4) is 0 Å². The van der Waals surface area contributed by atoms with Crippen LogP contribution in [0.5, 0.6) is 0 Å². The molecule has 0 unspecified atom stereocenters. The van der Waals surface area contributed by atoms with E-state index in [1.807, 2.05) is 0 Å². The number of carbonyl (C=O) groups excluding carboxylic acids is 2. The summed E-state index contributed by atoms with van der Waals surface area (Å²) in [4.78, 5) is 45.1. The predicted octanol–water partition coefficient (Wildman–Crippen LogP) is 3.73. The molecule has 216 valence electrons. The van der Waals surface area contributed by atoms with Gasteiger partial charge in [0.1, 0.15) is 31.7 Å². The number of esters is 2. The van der Waals surface area contributed by atoms with E-state index >= 15 is 0 Å². The number of nitrogens with zero attached hydrogens (tertiary/aromatic N) is 4. The zero-order chi connectivity index (χ0) is 27.9. The standard InChI is InChI=1S/C27H47N5O6/c1-5-7-9-11-13-15-22(33)36-17-21(18-37-23(34)16-14-12-10-8-6-2)38-20-32-19-30(3)24-25(32)29-27(28)31(4)26(24)35/h21H,5-20H2,1-4H3,(H2,28,29). The van der Waals surface area contributed by atoms with Crippen LogP contribution in [0, 0.1) is 0 Å². The number of unbranched alkanes of at least 4 members (excludes halogenated alkanes) is 8. The molecule has 0 aliphatic carbocycles. The van der Waals surface area contributed by atoms with Crippen LogP contribution < -0.4 is 21.1 Å². The summed E-state index contributed by atoms with van der Waals surface area (Å²) in [5.41, 5.74) is 6.10. The van der Waals surface area contributed by atoms with Gasteiger partial charge in [0.2, 0.25) is 5.95 Å². The quantitative estimate of drug-likeness (QED) is 0.206. The van der Waals surface area contributed by atoms with E-state index in [1.165, 1.54) is 4.57 Å². The number of fused-ring (bicyclic) bond motifs is 1. The summed E-state index contributed by atoms with van der Waals surface area (Å²) < 4.78 is 18.2. The third-order valence-electron chi connectivity index (χ3n) is 6.64. The number of anilines is 3. The van der Waals surface area contributed by atoms with Gasteiger partial charge in [-0.3, -0.25) is 19.0 Å². The molecule has 11 heteroatoms. The van der Waals surface area contributed by atoms with Gasteiger partial charge in [-0.05, 0) is 12.8 Å². The zero-order valence-electron chi connectivity index (χ0n) is 23.7. The molecule has 0 atom stereocenters. The fourth-order valence-corrected chi connectivity index (χ4v) is 4.25. The molecule has 0 radical (unpaired) electrons. The maximum absolute atomic E-state index is 12.6. The third-order valence-corrected chi connectivity index (χ3v) is 6.64. The van der Waals surface area contributed by atoms with Crippen molar-refractivity contribution in [2.45, 2.75) is 97.0 Å². The fraction of sp³-hybridized carbons (Fsp3) is 0.778. The van der Waals surface area contributed by atoms with Crippen LogP contribution in [-0.4, -0.2) is 61.3 Å². The maximum Gasteiger partial charge on any atom is 0.305 e. The van der Waals surface area contributed by atoms with Crippen molar-refractivity contribution in [3.05, 3.63) is 10.4 Å². The van der Waals surface area contributed by atoms with E-state index in [4.69, 9.17) is 19.9 Å². The number of rotatable bonds is 19. The van der Waals surface area contributed by atoms with Crippen LogP contribution in [0.1, 0.15) is 90.9 Å². The molecule has 0 saturated carbocycles. The average molecular weight is 538 g/mol. The molecule has 0 bridgehead atoms. The molecule has 2 rings (SSSR count). The first kappa shape index (κ1) is 31.4. The molecule has 2 N–H and O–H groups in total. The van der Waals surface area contributed by atoms with Crippen molar-refractivity contribution in [3.8, 4) is 0 Å². The Hall–Kier alpha value is -2.82. The van der Waals surface area contributed by atoms with E-state index in [-0.39, 0.29) is 43.4 Å². The van der Waals surface area contributed by atoms with Gasteiger partial charge < -0.3 is 29.7 Å². The smallest absolute Gasteiger partial charge is 0.305 e. The molecule has 1 aliphatic rings. The Bertz CT molecular complexity index is 907. The molecule has 0 saturated heterocycles. The molecule has 1 aliphatic heterocycles. The van der Waals surface area contributed by atoms with Crippen molar-refractivity contribution in [1.29, 1.82) is 0 Å². The summed E-state index contributed by atoms with van der Waals surface area (Å²) in [6, 6.07) is 0. The van der Waals surface area contributed by atoms with Gasteiger partial charge in [0.05, 0.1) is 6.67 Å². The molecule has 1 aromatic rings. The molecule has 1 aromatic heterocycles. The molecule has 2 heterocycles. The lowest BCUT2D eigenvalue weighted by Crippen LogP contribution is -2.36. The summed E-state index contributed by atoms with van der Waals surface area (Å²) in [7, 11) is 3.37. The van der Waals surface area contributed by atoms with Crippen molar-refractivity contribution < 1.29 is 23.8 Å². The highest BCUT2D eigenvalue weighted by Crippen LogP contribution is 2.30. The van der Waals surface area contributed by atoms with Crippen molar-refractivity contribution in [3.63, 3.8) is 0 Å². The summed E-state index contributed by atoms with van der Waals surface area (Å²) >= 11 is 0. The van der Waals surface area contributed by atoms with Crippen LogP contribution >= 0.6 is 0 Å². The monoisotopic (exact) mass is 537 g/mol. The Morgan fingerprint density at radius 3 is 1.95 bits per heavy atom. The van der Waals surface area contributed by atoms with Crippen molar-refractivity contribution in [1.82, 2.24) is 9.55 Å². The highest BCUT2D eigenvalue weighted by Gasteiger charge is 2.30. The molecule has 0 aromatic carbocycles. The molecule has 0 fully saturated rings. The minimum Gasteiger partial charge on any atom is -0.463 e. The minimum atomic E-state index is -0.652. The highest BCUT2D eigenvalue weighted by atomic mass is 16.6. The number of hydrogen-bond donors (Lipinski definition) is 1. The molecule has 0 spiro atoms. The lowest BCUT2D eigenvalue weighted by atomic mass is 10.1. The number of carbonyl (C=O) groups is 2. The minimum absolute atomic E-state index is 0.0275. The Labute approximate surface area is 226 Å². The van der Waals surface area contributed by atoms with Gasteiger partial charge >= 0.3 is 11.9 Å². The zero-order valence-corrected chi connectivity index (χ0v) is 23.7. The second-order valence-electron chi connectivity index (χ2n) is 10.00. The largest absolute Gasteiger partial charge is 0.463 e. The molecule has 0 amide bonds. The van der Waals surface area contributed by atoms with Gasteiger partial charge in [0, 0.05) is 26.9 Å². The van der Waals surface area contributed by atoms with E-state index in [0.29, 0.717) is 31.0 Å². The Balaban J connectivity index is 1.92. The lowest BCUT2D eigenvalue weighted by Gasteiger charge is -2.23. The van der Waals surface area contributed by atoms with E-state index in [2.05, 4.69) is 18.8 Å².